The van der Waals surface area contributed by atoms with Crippen molar-refractivity contribution in [2.75, 3.05) is 0 Å². The second-order valence-electron chi connectivity index (χ2n) is 9.92. The summed E-state index contributed by atoms with van der Waals surface area (Å²) in [6.07, 6.45) is 4.45. The molecule has 0 saturated carbocycles. The van der Waals surface area contributed by atoms with E-state index in [0.717, 1.165) is 46.7 Å². The highest BCUT2D eigenvalue weighted by Crippen LogP contribution is 2.37. The smallest absolute Gasteiger partial charge is 0.160 e. The second-order valence-corrected chi connectivity index (χ2v) is 9.92. The lowest BCUT2D eigenvalue weighted by Crippen LogP contribution is -2.00. The number of rotatable bonds is 5. The van der Waals surface area contributed by atoms with E-state index in [4.69, 9.17) is 9.97 Å². The molecular formula is C36H30N2. The molecule has 1 heterocycles. The van der Waals surface area contributed by atoms with Crippen molar-refractivity contribution in [1.29, 1.82) is 0 Å². The van der Waals surface area contributed by atoms with Crippen LogP contribution in [-0.2, 0) is 0 Å². The molecular weight excluding hydrogens is 460 g/mol. The van der Waals surface area contributed by atoms with Crippen molar-refractivity contribution < 1.29 is 0 Å². The van der Waals surface area contributed by atoms with Gasteiger partial charge in [-0.3, -0.25) is 0 Å². The van der Waals surface area contributed by atoms with Gasteiger partial charge >= 0.3 is 0 Å². The molecule has 6 rings (SSSR count). The minimum atomic E-state index is 0.742. The van der Waals surface area contributed by atoms with E-state index in [9.17, 15) is 0 Å². The Hall–Kier alpha value is -4.56. The number of allylic oxidation sites excluding steroid dienone is 4. The number of nitrogens with zero attached hydrogens (tertiary/aromatic N) is 2. The van der Waals surface area contributed by atoms with Gasteiger partial charge in [-0.2, -0.15) is 0 Å². The summed E-state index contributed by atoms with van der Waals surface area (Å²) in [5.41, 5.74) is 13.2. The Morgan fingerprint density at radius 1 is 0.526 bits per heavy atom. The highest BCUT2D eigenvalue weighted by atomic mass is 14.9. The molecule has 0 unspecified atom stereocenters. The predicted molar refractivity (Wildman–Crippen MR) is 159 cm³/mol. The maximum Gasteiger partial charge on any atom is 0.160 e. The normalized spacial score (nSPS) is 13.4. The van der Waals surface area contributed by atoms with Gasteiger partial charge < -0.3 is 0 Å². The highest BCUT2D eigenvalue weighted by Gasteiger charge is 2.16. The van der Waals surface area contributed by atoms with Gasteiger partial charge in [-0.05, 0) is 72.2 Å². The van der Waals surface area contributed by atoms with Crippen LogP contribution in [0.3, 0.4) is 0 Å². The van der Waals surface area contributed by atoms with Gasteiger partial charge in [0.25, 0.3) is 0 Å². The molecule has 4 aromatic carbocycles. The number of hydrogen-bond acceptors (Lipinski definition) is 2. The summed E-state index contributed by atoms with van der Waals surface area (Å²) in [6, 6.07) is 40.2. The lowest BCUT2D eigenvalue weighted by molar-refractivity contribution is 1.05. The van der Waals surface area contributed by atoms with Crippen LogP contribution in [0.1, 0.15) is 36.5 Å². The standard InChI is InChI=1S/C36H30N2/c1-25-12-9-10-19-32(25)33-21-20-30(22-26(33)2)29-17-11-18-31(23-29)35-24-34(27-13-5-3-6-14-27)37-36(38-35)28-15-7-4-8-16-28/h3-19,22-24H,20-21H2,1-2H3. The van der Waals surface area contributed by atoms with Crippen LogP contribution in [0.4, 0.5) is 0 Å². The Balaban J connectivity index is 1.41. The number of aryl methyl sites for hydroxylation is 1. The molecule has 184 valence electrons. The average Bonchev–Trinajstić information content (AvgIpc) is 2.98. The summed E-state index contributed by atoms with van der Waals surface area (Å²) >= 11 is 0. The first-order valence-corrected chi connectivity index (χ1v) is 13.2. The summed E-state index contributed by atoms with van der Waals surface area (Å²) in [5.74, 6) is 0.742. The molecule has 1 aromatic heterocycles. The molecule has 0 fully saturated rings. The summed E-state index contributed by atoms with van der Waals surface area (Å²) in [5, 5.41) is 0. The first-order chi connectivity index (χ1) is 18.7. The summed E-state index contributed by atoms with van der Waals surface area (Å²) < 4.78 is 0. The van der Waals surface area contributed by atoms with Crippen LogP contribution < -0.4 is 0 Å². The third-order valence-electron chi connectivity index (χ3n) is 7.34. The van der Waals surface area contributed by atoms with E-state index in [1.165, 1.54) is 33.4 Å². The minimum absolute atomic E-state index is 0.742. The van der Waals surface area contributed by atoms with Gasteiger partial charge in [-0.15, -0.1) is 0 Å². The van der Waals surface area contributed by atoms with Crippen molar-refractivity contribution in [3.8, 4) is 33.9 Å². The van der Waals surface area contributed by atoms with Crippen molar-refractivity contribution in [1.82, 2.24) is 9.97 Å². The van der Waals surface area contributed by atoms with E-state index >= 15 is 0 Å². The molecule has 0 spiro atoms. The van der Waals surface area contributed by atoms with Gasteiger partial charge in [0, 0.05) is 16.7 Å². The molecule has 0 radical (unpaired) electrons. The summed E-state index contributed by atoms with van der Waals surface area (Å²) in [4.78, 5) is 9.96. The zero-order valence-electron chi connectivity index (χ0n) is 21.9. The van der Waals surface area contributed by atoms with E-state index in [0.29, 0.717) is 0 Å². The topological polar surface area (TPSA) is 25.8 Å². The summed E-state index contributed by atoms with van der Waals surface area (Å²) in [6.45, 7) is 4.45. The van der Waals surface area contributed by atoms with Crippen LogP contribution in [0.5, 0.6) is 0 Å². The first-order valence-electron chi connectivity index (χ1n) is 13.2. The molecule has 1 aliphatic rings. The lowest BCUT2D eigenvalue weighted by atomic mass is 9.84. The Morgan fingerprint density at radius 2 is 1.13 bits per heavy atom. The Bertz CT molecular complexity index is 1600. The molecule has 5 aromatic rings. The molecule has 2 nitrogen and oxygen atoms in total. The van der Waals surface area contributed by atoms with E-state index < -0.39 is 0 Å². The van der Waals surface area contributed by atoms with E-state index in [1.807, 2.05) is 24.3 Å². The van der Waals surface area contributed by atoms with Crippen molar-refractivity contribution in [3.05, 3.63) is 144 Å². The van der Waals surface area contributed by atoms with E-state index in [1.54, 1.807) is 0 Å². The van der Waals surface area contributed by atoms with Crippen LogP contribution in [-0.4, -0.2) is 9.97 Å². The number of hydrogen-bond donors (Lipinski definition) is 0. The van der Waals surface area contributed by atoms with E-state index in [2.05, 4.69) is 111 Å². The largest absolute Gasteiger partial charge is 0.228 e. The number of aromatic nitrogens is 2. The van der Waals surface area contributed by atoms with E-state index in [-0.39, 0.29) is 0 Å². The summed E-state index contributed by atoms with van der Waals surface area (Å²) in [7, 11) is 0. The zero-order chi connectivity index (χ0) is 25.9. The minimum Gasteiger partial charge on any atom is -0.228 e. The molecule has 1 aliphatic carbocycles. The molecule has 0 N–H and O–H groups in total. The molecule has 38 heavy (non-hydrogen) atoms. The fraction of sp³-hybridized carbons (Fsp3) is 0.111. The molecule has 0 bridgehead atoms. The Labute approximate surface area is 225 Å². The van der Waals surface area contributed by atoms with Gasteiger partial charge in [0.1, 0.15) is 0 Å². The van der Waals surface area contributed by atoms with Gasteiger partial charge in [0.05, 0.1) is 11.4 Å². The maximum absolute atomic E-state index is 5.02. The van der Waals surface area contributed by atoms with Gasteiger partial charge in [0.15, 0.2) is 5.82 Å². The van der Waals surface area contributed by atoms with Crippen LogP contribution in [0.15, 0.2) is 127 Å². The third-order valence-corrected chi connectivity index (χ3v) is 7.34. The Morgan fingerprint density at radius 3 is 1.84 bits per heavy atom. The molecule has 0 saturated heterocycles. The van der Waals surface area contributed by atoms with Crippen LogP contribution >= 0.6 is 0 Å². The third kappa shape index (κ3) is 4.86. The van der Waals surface area contributed by atoms with Gasteiger partial charge in [-0.25, -0.2) is 9.97 Å². The lowest BCUT2D eigenvalue weighted by Gasteiger charge is -2.21. The van der Waals surface area contributed by atoms with Crippen LogP contribution in [0, 0.1) is 6.92 Å². The van der Waals surface area contributed by atoms with Crippen molar-refractivity contribution in [2.45, 2.75) is 26.7 Å². The zero-order valence-corrected chi connectivity index (χ0v) is 21.9. The predicted octanol–water partition coefficient (Wildman–Crippen LogP) is 9.44. The second kappa shape index (κ2) is 10.4. The Kier molecular flexibility index (Phi) is 6.54. The quantitative estimate of drug-likeness (QED) is 0.245. The van der Waals surface area contributed by atoms with Crippen LogP contribution in [0.2, 0.25) is 0 Å². The van der Waals surface area contributed by atoms with Crippen LogP contribution in [0.25, 0.3) is 45.0 Å². The fourth-order valence-corrected chi connectivity index (χ4v) is 5.31. The molecule has 0 aliphatic heterocycles. The molecule has 0 amide bonds. The highest BCUT2D eigenvalue weighted by molar-refractivity contribution is 5.83. The average molecular weight is 491 g/mol. The SMILES string of the molecule is CC1=C(c2ccccc2C)CCC(c2cccc(-c3cc(-c4ccccc4)nc(-c4ccccc4)n3)c2)=C1. The first kappa shape index (κ1) is 23.8. The maximum atomic E-state index is 5.02. The molecule has 2 heteroatoms. The van der Waals surface area contributed by atoms with Crippen molar-refractivity contribution in [3.63, 3.8) is 0 Å². The molecule has 0 atom stereocenters. The monoisotopic (exact) mass is 490 g/mol. The number of benzene rings is 4. The van der Waals surface area contributed by atoms with Crippen molar-refractivity contribution in [2.24, 2.45) is 0 Å². The van der Waals surface area contributed by atoms with Crippen molar-refractivity contribution >= 4 is 11.1 Å². The van der Waals surface area contributed by atoms with Gasteiger partial charge in [0.2, 0.25) is 0 Å². The fourth-order valence-electron chi connectivity index (χ4n) is 5.31. The van der Waals surface area contributed by atoms with Gasteiger partial charge in [-0.1, -0.05) is 109 Å².